The lowest BCUT2D eigenvalue weighted by Crippen LogP contribution is -2.46. The lowest BCUT2D eigenvalue weighted by Gasteiger charge is -2.33. The monoisotopic (exact) mass is 512 g/mol. The molecule has 1 saturated heterocycles. The molecule has 0 radical (unpaired) electrons. The first kappa shape index (κ1) is 23.6. The Labute approximate surface area is 201 Å². The molecule has 186 valence electrons. The van der Waals surface area contributed by atoms with Crippen LogP contribution in [0.3, 0.4) is 0 Å². The maximum absolute atomic E-state index is 12.7. The van der Waals surface area contributed by atoms with Gasteiger partial charge in [-0.25, -0.2) is 0 Å². The molecule has 3 aromatic rings. The Hall–Kier alpha value is -3.12. The van der Waals surface area contributed by atoms with Gasteiger partial charge in [0, 0.05) is 35.5 Å². The number of halogens is 4. The molecular formula is C22H20ClF3N4O5. The molecule has 0 atom stereocenters. The maximum atomic E-state index is 12.7. The fourth-order valence-electron chi connectivity index (χ4n) is 4.28. The van der Waals surface area contributed by atoms with Crippen LogP contribution in [0, 0.1) is 0 Å². The van der Waals surface area contributed by atoms with E-state index in [4.69, 9.17) is 20.4 Å². The lowest BCUT2D eigenvalue weighted by molar-refractivity contribution is -0.352. The highest BCUT2D eigenvalue weighted by atomic mass is 35.5. The third kappa shape index (κ3) is 5.27. The van der Waals surface area contributed by atoms with Crippen LogP contribution < -0.4 is 5.32 Å². The number of carbonyl (C=O) groups is 2. The van der Waals surface area contributed by atoms with Crippen molar-refractivity contribution in [1.82, 2.24) is 20.4 Å². The first-order valence-electron chi connectivity index (χ1n) is 11.0. The van der Waals surface area contributed by atoms with Crippen LogP contribution in [0.5, 0.6) is 0 Å². The van der Waals surface area contributed by atoms with Gasteiger partial charge >= 0.3 is 18.2 Å². The number of furan rings is 1. The molecule has 35 heavy (non-hydrogen) atoms. The van der Waals surface area contributed by atoms with Crippen LogP contribution in [-0.4, -0.2) is 58.5 Å². The second-order valence-corrected chi connectivity index (χ2v) is 9.07. The molecule has 0 bridgehead atoms. The zero-order valence-electron chi connectivity index (χ0n) is 18.2. The summed E-state index contributed by atoms with van der Waals surface area (Å²) in [6, 6.07) is 6.56. The minimum absolute atomic E-state index is 0.0959. The summed E-state index contributed by atoms with van der Waals surface area (Å²) in [5, 5.41) is 11.8. The smallest absolute Gasteiger partial charge is 0.451 e. The van der Waals surface area contributed by atoms with Gasteiger partial charge in [0.15, 0.2) is 5.76 Å². The molecule has 1 saturated carbocycles. The average Bonchev–Trinajstić information content (AvgIpc) is 3.42. The van der Waals surface area contributed by atoms with Crippen molar-refractivity contribution in [3.63, 3.8) is 0 Å². The largest absolute Gasteiger partial charge is 0.522 e. The Kier molecular flexibility index (Phi) is 6.18. The van der Waals surface area contributed by atoms with E-state index in [1.54, 1.807) is 29.2 Å². The van der Waals surface area contributed by atoms with Gasteiger partial charge in [-0.2, -0.15) is 0 Å². The van der Waals surface area contributed by atoms with Gasteiger partial charge < -0.3 is 19.1 Å². The van der Waals surface area contributed by atoms with Gasteiger partial charge in [0.2, 0.25) is 5.89 Å². The number of likely N-dealkylation sites (tertiary alicyclic amines) is 1. The van der Waals surface area contributed by atoms with Crippen molar-refractivity contribution in [3.8, 4) is 0 Å². The van der Waals surface area contributed by atoms with E-state index >= 15 is 0 Å². The first-order valence-corrected chi connectivity index (χ1v) is 11.4. The fourth-order valence-corrected chi connectivity index (χ4v) is 4.46. The van der Waals surface area contributed by atoms with Gasteiger partial charge in [0.05, 0.1) is 6.10 Å². The average molecular weight is 513 g/mol. The summed E-state index contributed by atoms with van der Waals surface area (Å²) >= 11 is 5.97. The molecule has 2 fully saturated rings. The van der Waals surface area contributed by atoms with Crippen LogP contribution >= 0.6 is 11.6 Å². The summed E-state index contributed by atoms with van der Waals surface area (Å²) in [7, 11) is 0. The molecule has 1 aliphatic carbocycles. The van der Waals surface area contributed by atoms with E-state index in [0.717, 1.165) is 5.39 Å². The van der Waals surface area contributed by atoms with Crippen molar-refractivity contribution in [2.45, 2.75) is 50.1 Å². The van der Waals surface area contributed by atoms with E-state index in [2.05, 4.69) is 20.3 Å². The fraction of sp³-hybridized carbons (Fsp3) is 0.455. The Morgan fingerprint density at radius 1 is 1.11 bits per heavy atom. The highest BCUT2D eigenvalue weighted by Crippen LogP contribution is 2.40. The van der Waals surface area contributed by atoms with Gasteiger partial charge in [-0.3, -0.25) is 14.3 Å². The molecule has 2 aliphatic rings. The number of amides is 2. The summed E-state index contributed by atoms with van der Waals surface area (Å²) in [5.41, 5.74) is 0.559. The number of fused-ring (bicyclic) bond motifs is 1. The molecular weight excluding hydrogens is 493 g/mol. The predicted octanol–water partition coefficient (Wildman–Crippen LogP) is 4.29. The number of nitrogens with zero attached hydrogens (tertiary/aromatic N) is 3. The van der Waals surface area contributed by atoms with E-state index in [-0.39, 0.29) is 48.3 Å². The van der Waals surface area contributed by atoms with E-state index in [1.165, 1.54) is 0 Å². The standard InChI is InChI=1S/C22H20ClF3N4O5/c23-13-1-2-16-11(7-13)10-17(33-16)18(31)27-14-3-5-30(6-4-14)21(32)20-29-28-19(34-20)12-8-15(9-12)35-22(24,25)26/h1-2,7,10,12,14-15H,3-6,8-9H2,(H,27,31). The molecule has 0 unspecified atom stereocenters. The predicted molar refractivity (Wildman–Crippen MR) is 115 cm³/mol. The van der Waals surface area contributed by atoms with E-state index < -0.39 is 18.4 Å². The lowest BCUT2D eigenvalue weighted by atomic mass is 9.82. The minimum Gasteiger partial charge on any atom is -0.451 e. The number of aromatic nitrogens is 2. The zero-order chi connectivity index (χ0) is 24.7. The van der Waals surface area contributed by atoms with Crippen LogP contribution in [-0.2, 0) is 4.74 Å². The number of rotatable bonds is 5. The van der Waals surface area contributed by atoms with Crippen LogP contribution in [0.1, 0.15) is 58.7 Å². The van der Waals surface area contributed by atoms with E-state index in [9.17, 15) is 22.8 Å². The quantitative estimate of drug-likeness (QED) is 0.543. The topological polar surface area (TPSA) is 111 Å². The summed E-state index contributed by atoms with van der Waals surface area (Å²) in [4.78, 5) is 26.8. The number of alkyl halides is 3. The second-order valence-electron chi connectivity index (χ2n) is 8.63. The van der Waals surface area contributed by atoms with Gasteiger partial charge in [-0.15, -0.1) is 23.4 Å². The number of carbonyl (C=O) groups excluding carboxylic acids is 2. The van der Waals surface area contributed by atoms with Gasteiger partial charge in [0.1, 0.15) is 5.58 Å². The molecule has 13 heteroatoms. The summed E-state index contributed by atoms with van der Waals surface area (Å²) in [5.74, 6) is -1.07. The van der Waals surface area contributed by atoms with Crippen molar-refractivity contribution in [1.29, 1.82) is 0 Å². The normalized spacial score (nSPS) is 21.2. The molecule has 1 N–H and O–H groups in total. The molecule has 3 heterocycles. The molecule has 0 spiro atoms. The number of benzene rings is 1. The maximum Gasteiger partial charge on any atom is 0.522 e. The SMILES string of the molecule is O=C(NC1CCN(C(=O)c2nnc(C3CC(OC(F)(F)F)C3)o2)CC1)c1cc2cc(Cl)ccc2o1. The molecule has 2 aromatic heterocycles. The number of hydrogen-bond acceptors (Lipinski definition) is 7. The first-order chi connectivity index (χ1) is 16.6. The summed E-state index contributed by atoms with van der Waals surface area (Å²) < 4.78 is 51.7. The van der Waals surface area contributed by atoms with E-state index in [0.29, 0.717) is 36.5 Å². The van der Waals surface area contributed by atoms with Crippen LogP contribution in [0.4, 0.5) is 13.2 Å². The molecule has 1 aliphatic heterocycles. The van der Waals surface area contributed by atoms with Crippen LogP contribution in [0.25, 0.3) is 11.0 Å². The highest BCUT2D eigenvalue weighted by molar-refractivity contribution is 6.31. The van der Waals surface area contributed by atoms with Crippen molar-refractivity contribution >= 4 is 34.4 Å². The van der Waals surface area contributed by atoms with Crippen LogP contribution in [0.15, 0.2) is 33.1 Å². The Balaban J connectivity index is 1.11. The third-order valence-corrected chi connectivity index (χ3v) is 6.42. The molecule has 9 nitrogen and oxygen atoms in total. The van der Waals surface area contributed by atoms with Gasteiger partial charge in [0.25, 0.3) is 5.91 Å². The van der Waals surface area contributed by atoms with Crippen molar-refractivity contribution < 1.29 is 36.3 Å². The summed E-state index contributed by atoms with van der Waals surface area (Å²) in [6.45, 7) is 0.727. The van der Waals surface area contributed by atoms with Crippen molar-refractivity contribution in [2.75, 3.05) is 13.1 Å². The number of piperidine rings is 1. The van der Waals surface area contributed by atoms with Crippen LogP contribution in [0.2, 0.25) is 5.02 Å². The Morgan fingerprint density at radius 3 is 2.57 bits per heavy atom. The number of ether oxygens (including phenoxy) is 1. The number of hydrogen-bond donors (Lipinski definition) is 1. The number of nitrogens with one attached hydrogen (secondary N) is 1. The Bertz CT molecular complexity index is 1250. The van der Waals surface area contributed by atoms with Crippen molar-refractivity contribution in [3.05, 3.63) is 46.8 Å². The second kappa shape index (κ2) is 9.15. The van der Waals surface area contributed by atoms with Crippen molar-refractivity contribution in [2.24, 2.45) is 0 Å². The molecule has 2 amide bonds. The third-order valence-electron chi connectivity index (χ3n) is 6.19. The minimum atomic E-state index is -4.68. The molecule has 5 rings (SSSR count). The molecule has 1 aromatic carbocycles. The zero-order valence-corrected chi connectivity index (χ0v) is 18.9. The van der Waals surface area contributed by atoms with Gasteiger partial charge in [-0.1, -0.05) is 11.6 Å². The summed E-state index contributed by atoms with van der Waals surface area (Å²) in [6.07, 6.45) is -4.40. The van der Waals surface area contributed by atoms with Gasteiger partial charge in [-0.05, 0) is 49.9 Å². The Morgan fingerprint density at radius 2 is 1.86 bits per heavy atom. The van der Waals surface area contributed by atoms with E-state index in [1.807, 2.05) is 0 Å². The highest BCUT2D eigenvalue weighted by Gasteiger charge is 2.43.